The lowest BCUT2D eigenvalue weighted by atomic mass is 10.2. The predicted molar refractivity (Wildman–Crippen MR) is 79.7 cm³/mol. The Labute approximate surface area is 123 Å². The average molecular weight is 309 g/mol. The van der Waals surface area contributed by atoms with Gasteiger partial charge in [-0.25, -0.2) is 12.8 Å². The van der Waals surface area contributed by atoms with Gasteiger partial charge in [-0.15, -0.1) is 0 Å². The van der Waals surface area contributed by atoms with Crippen LogP contribution in [0.2, 0.25) is 0 Å². The van der Waals surface area contributed by atoms with Crippen LogP contribution in [-0.2, 0) is 22.4 Å². The van der Waals surface area contributed by atoms with Gasteiger partial charge in [-0.05, 0) is 35.7 Å². The molecule has 0 aliphatic carbocycles. The molecule has 2 rings (SSSR count). The summed E-state index contributed by atoms with van der Waals surface area (Å²) < 4.78 is 39.8. The van der Waals surface area contributed by atoms with Crippen LogP contribution in [0.5, 0.6) is 0 Å². The molecule has 0 fully saturated rings. The molecule has 0 unspecified atom stereocenters. The van der Waals surface area contributed by atoms with Crippen LogP contribution >= 0.6 is 0 Å². The van der Waals surface area contributed by atoms with Crippen LogP contribution in [0.15, 0.2) is 42.5 Å². The molecule has 0 aliphatic rings. The van der Waals surface area contributed by atoms with Crippen LogP contribution in [0.3, 0.4) is 0 Å². The monoisotopic (exact) mass is 309 g/mol. The molecule has 4 nitrogen and oxygen atoms in total. The smallest absolute Gasteiger partial charge is 0.236 e. The maximum Gasteiger partial charge on any atom is 0.236 e. The summed E-state index contributed by atoms with van der Waals surface area (Å²) in [6, 6.07) is 10.6. The second kappa shape index (κ2) is 6.24. The van der Waals surface area contributed by atoms with Gasteiger partial charge in [0, 0.05) is 0 Å². The summed E-state index contributed by atoms with van der Waals surface area (Å²) in [5.41, 5.74) is 2.19. The minimum atomic E-state index is -3.63. The van der Waals surface area contributed by atoms with Gasteiger partial charge in [-0.1, -0.05) is 30.3 Å². The van der Waals surface area contributed by atoms with Crippen molar-refractivity contribution in [1.82, 2.24) is 0 Å². The minimum absolute atomic E-state index is 0.0895. The van der Waals surface area contributed by atoms with Crippen molar-refractivity contribution >= 4 is 15.7 Å². The Morgan fingerprint density at radius 1 is 1.10 bits per heavy atom. The third kappa shape index (κ3) is 4.27. The number of anilines is 1. The van der Waals surface area contributed by atoms with Gasteiger partial charge >= 0.3 is 0 Å². The molecule has 0 saturated carbocycles. The molecule has 2 N–H and O–H groups in total. The van der Waals surface area contributed by atoms with E-state index >= 15 is 0 Å². The Morgan fingerprint density at radius 2 is 1.71 bits per heavy atom. The molecule has 0 saturated heterocycles. The second-order valence-corrected chi connectivity index (χ2v) is 6.52. The van der Waals surface area contributed by atoms with Crippen LogP contribution in [-0.4, -0.2) is 13.5 Å². The van der Waals surface area contributed by atoms with Gasteiger partial charge in [0.05, 0.1) is 18.0 Å². The van der Waals surface area contributed by atoms with Crippen molar-refractivity contribution in [1.29, 1.82) is 0 Å². The van der Waals surface area contributed by atoms with Gasteiger partial charge in [-0.3, -0.25) is 4.72 Å². The first kappa shape index (κ1) is 15.5. The van der Waals surface area contributed by atoms with Gasteiger partial charge in [0.15, 0.2) is 0 Å². The minimum Gasteiger partial charge on any atom is -0.392 e. The highest BCUT2D eigenvalue weighted by Gasteiger charge is 2.13. The van der Waals surface area contributed by atoms with Crippen LogP contribution in [0, 0.1) is 12.7 Å². The molecule has 0 aromatic heterocycles. The van der Waals surface area contributed by atoms with Gasteiger partial charge in [0.25, 0.3) is 0 Å². The Hall–Kier alpha value is -1.92. The summed E-state index contributed by atoms with van der Waals surface area (Å²) in [4.78, 5) is 0. The fourth-order valence-electron chi connectivity index (χ4n) is 1.87. The zero-order valence-corrected chi connectivity index (χ0v) is 12.3. The van der Waals surface area contributed by atoms with E-state index in [0.717, 1.165) is 6.07 Å². The number of sulfonamides is 1. The molecule has 21 heavy (non-hydrogen) atoms. The fourth-order valence-corrected chi connectivity index (χ4v) is 3.13. The summed E-state index contributed by atoms with van der Waals surface area (Å²) in [5.74, 6) is -0.708. The van der Waals surface area contributed by atoms with E-state index in [1.165, 1.54) is 12.1 Å². The summed E-state index contributed by atoms with van der Waals surface area (Å²) in [6.07, 6.45) is 0. The highest BCUT2D eigenvalue weighted by Crippen LogP contribution is 2.19. The molecule has 0 spiro atoms. The molecule has 0 aliphatic heterocycles. The number of halogens is 1. The molecule has 0 radical (unpaired) electrons. The van der Waals surface area contributed by atoms with Crippen molar-refractivity contribution in [2.24, 2.45) is 0 Å². The lowest BCUT2D eigenvalue weighted by molar-refractivity contribution is 0.282. The Bertz CT molecular complexity index is 727. The van der Waals surface area contributed by atoms with E-state index < -0.39 is 15.8 Å². The summed E-state index contributed by atoms with van der Waals surface area (Å²) in [7, 11) is -3.63. The van der Waals surface area contributed by atoms with E-state index in [1.54, 1.807) is 31.2 Å². The standard InChI is InChI=1S/C15H16FNO3S/c1-11-2-7-14(16)8-15(11)17-21(19,20)10-13-5-3-12(9-18)4-6-13/h2-8,17-18H,9-10H2,1H3. The molecular weight excluding hydrogens is 293 g/mol. The van der Waals surface area contributed by atoms with E-state index in [0.29, 0.717) is 16.7 Å². The number of aliphatic hydroxyl groups excluding tert-OH is 1. The van der Waals surface area contributed by atoms with E-state index in [-0.39, 0.29) is 18.0 Å². The Kier molecular flexibility index (Phi) is 4.59. The number of hydrogen-bond acceptors (Lipinski definition) is 3. The van der Waals surface area contributed by atoms with Crippen LogP contribution in [0.4, 0.5) is 10.1 Å². The molecule has 2 aromatic carbocycles. The van der Waals surface area contributed by atoms with Crippen LogP contribution in [0.25, 0.3) is 0 Å². The molecule has 2 aromatic rings. The number of aliphatic hydroxyl groups is 1. The number of aryl methyl sites for hydroxylation is 1. The Morgan fingerprint density at radius 3 is 2.33 bits per heavy atom. The third-order valence-corrected chi connectivity index (χ3v) is 4.27. The third-order valence-electron chi connectivity index (χ3n) is 3.03. The average Bonchev–Trinajstić information content (AvgIpc) is 2.43. The number of benzene rings is 2. The molecule has 0 atom stereocenters. The first-order chi connectivity index (χ1) is 9.89. The van der Waals surface area contributed by atoms with E-state index in [2.05, 4.69) is 4.72 Å². The van der Waals surface area contributed by atoms with Crippen molar-refractivity contribution in [3.05, 3.63) is 65.0 Å². The summed E-state index contributed by atoms with van der Waals surface area (Å²) >= 11 is 0. The fraction of sp³-hybridized carbons (Fsp3) is 0.200. The second-order valence-electron chi connectivity index (χ2n) is 4.80. The Balaban J connectivity index is 2.16. The predicted octanol–water partition coefficient (Wildman–Crippen LogP) is 2.57. The highest BCUT2D eigenvalue weighted by molar-refractivity contribution is 7.91. The van der Waals surface area contributed by atoms with Gasteiger partial charge in [0.1, 0.15) is 5.82 Å². The SMILES string of the molecule is Cc1ccc(F)cc1NS(=O)(=O)Cc1ccc(CO)cc1. The van der Waals surface area contributed by atoms with Crippen molar-refractivity contribution in [3.8, 4) is 0 Å². The van der Waals surface area contributed by atoms with Crippen molar-refractivity contribution in [2.45, 2.75) is 19.3 Å². The number of nitrogens with one attached hydrogen (secondary N) is 1. The van der Waals surface area contributed by atoms with Crippen LogP contribution in [0.1, 0.15) is 16.7 Å². The zero-order valence-electron chi connectivity index (χ0n) is 11.5. The largest absolute Gasteiger partial charge is 0.392 e. The molecule has 0 bridgehead atoms. The maximum absolute atomic E-state index is 13.2. The molecule has 112 valence electrons. The van der Waals surface area contributed by atoms with Gasteiger partial charge in [0.2, 0.25) is 10.0 Å². The van der Waals surface area contributed by atoms with E-state index in [9.17, 15) is 12.8 Å². The quantitative estimate of drug-likeness (QED) is 0.892. The summed E-state index contributed by atoms with van der Waals surface area (Å²) in [6.45, 7) is 1.61. The van der Waals surface area contributed by atoms with Gasteiger partial charge in [-0.2, -0.15) is 0 Å². The van der Waals surface area contributed by atoms with Crippen molar-refractivity contribution in [2.75, 3.05) is 4.72 Å². The normalized spacial score (nSPS) is 11.4. The van der Waals surface area contributed by atoms with E-state index in [1.807, 2.05) is 0 Å². The summed E-state index contributed by atoms with van der Waals surface area (Å²) in [5, 5.41) is 8.95. The zero-order chi connectivity index (χ0) is 15.5. The van der Waals surface area contributed by atoms with Crippen molar-refractivity contribution < 1.29 is 17.9 Å². The number of rotatable bonds is 5. The lowest BCUT2D eigenvalue weighted by Crippen LogP contribution is -2.16. The lowest BCUT2D eigenvalue weighted by Gasteiger charge is -2.11. The topological polar surface area (TPSA) is 66.4 Å². The van der Waals surface area contributed by atoms with Gasteiger partial charge < -0.3 is 5.11 Å². The van der Waals surface area contributed by atoms with E-state index in [4.69, 9.17) is 5.11 Å². The molecule has 6 heteroatoms. The molecular formula is C15H16FNO3S. The first-order valence-corrected chi connectivity index (χ1v) is 8.00. The van der Waals surface area contributed by atoms with Crippen molar-refractivity contribution in [3.63, 3.8) is 0 Å². The number of hydrogen-bond donors (Lipinski definition) is 2. The molecule has 0 amide bonds. The highest BCUT2D eigenvalue weighted by atomic mass is 32.2. The molecule has 0 heterocycles. The maximum atomic E-state index is 13.2. The first-order valence-electron chi connectivity index (χ1n) is 6.35. The van der Waals surface area contributed by atoms with Crippen LogP contribution < -0.4 is 4.72 Å².